The number of amides is 2. The summed E-state index contributed by atoms with van der Waals surface area (Å²) < 4.78 is 0. The highest BCUT2D eigenvalue weighted by Crippen LogP contribution is 2.17. The maximum Gasteiger partial charge on any atom is 0.253 e. The van der Waals surface area contributed by atoms with Gasteiger partial charge in [0, 0.05) is 37.4 Å². The van der Waals surface area contributed by atoms with Crippen LogP contribution in [0.1, 0.15) is 43.0 Å². The van der Waals surface area contributed by atoms with Crippen LogP contribution in [0, 0.1) is 5.92 Å². The average molecular weight is 329 g/mol. The van der Waals surface area contributed by atoms with Gasteiger partial charge in [0.25, 0.3) is 5.91 Å². The van der Waals surface area contributed by atoms with E-state index in [2.05, 4.69) is 12.2 Å². The number of hydrogen-bond donors (Lipinski definition) is 1. The summed E-state index contributed by atoms with van der Waals surface area (Å²) in [6, 6.07) is 7.46. The van der Waals surface area contributed by atoms with E-state index in [9.17, 15) is 9.59 Å². The lowest BCUT2D eigenvalue weighted by atomic mass is 10.0. The lowest BCUT2D eigenvalue weighted by Gasteiger charge is -2.31. The molecule has 1 aromatic rings. The van der Waals surface area contributed by atoms with Crippen LogP contribution in [-0.2, 0) is 4.79 Å². The maximum atomic E-state index is 12.3. The first-order valence-electron chi connectivity index (χ1n) is 9.04. The molecule has 24 heavy (non-hydrogen) atoms. The fourth-order valence-electron chi connectivity index (χ4n) is 3.54. The number of carbonyl (C=O) groups is 2. The fourth-order valence-corrected chi connectivity index (χ4v) is 3.54. The van der Waals surface area contributed by atoms with E-state index in [0.29, 0.717) is 12.5 Å². The number of benzene rings is 1. The van der Waals surface area contributed by atoms with E-state index in [0.717, 1.165) is 56.7 Å². The monoisotopic (exact) mass is 329 g/mol. The van der Waals surface area contributed by atoms with Gasteiger partial charge in [-0.2, -0.15) is 0 Å². The minimum absolute atomic E-state index is 0.109. The Kier molecular flexibility index (Phi) is 5.38. The number of nitrogens with zero attached hydrogens (tertiary/aromatic N) is 2. The van der Waals surface area contributed by atoms with Crippen LogP contribution in [0.4, 0.5) is 5.69 Å². The van der Waals surface area contributed by atoms with Crippen molar-refractivity contribution in [3.63, 3.8) is 0 Å². The van der Waals surface area contributed by atoms with Gasteiger partial charge in [0.2, 0.25) is 5.91 Å². The summed E-state index contributed by atoms with van der Waals surface area (Å²) in [7, 11) is 0. The van der Waals surface area contributed by atoms with Crippen LogP contribution in [0.5, 0.6) is 0 Å². The molecule has 0 spiro atoms. The highest BCUT2D eigenvalue weighted by molar-refractivity contribution is 5.94. The molecule has 2 fully saturated rings. The lowest BCUT2D eigenvalue weighted by Crippen LogP contribution is -2.41. The van der Waals surface area contributed by atoms with Crippen molar-refractivity contribution < 1.29 is 9.59 Å². The molecule has 2 heterocycles. The molecule has 0 aliphatic carbocycles. The zero-order chi connectivity index (χ0) is 16.9. The standard InChI is InChI=1S/C19H27N3O2/c1-15-5-4-12-22(14-15)18(23)13-20-17-8-6-16(7-9-17)19(24)21-10-2-3-11-21/h6-9,15,20H,2-5,10-14H2,1H3. The molecule has 0 radical (unpaired) electrons. The number of piperidine rings is 1. The van der Waals surface area contributed by atoms with Crippen molar-refractivity contribution in [2.24, 2.45) is 5.92 Å². The number of nitrogens with one attached hydrogen (secondary N) is 1. The summed E-state index contributed by atoms with van der Waals surface area (Å²) in [6.07, 6.45) is 4.51. The van der Waals surface area contributed by atoms with E-state index in [1.54, 1.807) is 0 Å². The Hall–Kier alpha value is -2.04. The maximum absolute atomic E-state index is 12.3. The average Bonchev–Trinajstić information content (AvgIpc) is 3.14. The van der Waals surface area contributed by atoms with Crippen LogP contribution >= 0.6 is 0 Å². The molecule has 5 heteroatoms. The first kappa shape index (κ1) is 16.8. The molecule has 0 bridgehead atoms. The van der Waals surface area contributed by atoms with Gasteiger partial charge in [-0.05, 0) is 55.9 Å². The molecule has 1 unspecified atom stereocenters. The summed E-state index contributed by atoms with van der Waals surface area (Å²) in [5.41, 5.74) is 1.60. The molecule has 2 saturated heterocycles. The summed E-state index contributed by atoms with van der Waals surface area (Å²) in [5.74, 6) is 0.856. The number of likely N-dealkylation sites (tertiary alicyclic amines) is 2. The smallest absolute Gasteiger partial charge is 0.253 e. The Morgan fingerprint density at radius 3 is 2.38 bits per heavy atom. The minimum atomic E-state index is 0.109. The molecule has 2 aliphatic rings. The zero-order valence-electron chi connectivity index (χ0n) is 14.5. The summed E-state index contributed by atoms with van der Waals surface area (Å²) in [4.78, 5) is 28.4. The van der Waals surface area contributed by atoms with Crippen LogP contribution in [-0.4, -0.2) is 54.3 Å². The molecule has 0 aromatic heterocycles. The normalized spacial score (nSPS) is 21.0. The van der Waals surface area contributed by atoms with Gasteiger partial charge < -0.3 is 15.1 Å². The second-order valence-electron chi connectivity index (χ2n) is 7.02. The summed E-state index contributed by atoms with van der Waals surface area (Å²) in [6.45, 7) is 5.97. The van der Waals surface area contributed by atoms with Gasteiger partial charge >= 0.3 is 0 Å². The molecule has 1 aromatic carbocycles. The van der Waals surface area contributed by atoms with Gasteiger partial charge in [-0.15, -0.1) is 0 Å². The molecule has 0 saturated carbocycles. The van der Waals surface area contributed by atoms with Crippen LogP contribution in [0.2, 0.25) is 0 Å². The predicted octanol–water partition coefficient (Wildman–Crippen LogP) is 2.59. The number of hydrogen-bond acceptors (Lipinski definition) is 3. The van der Waals surface area contributed by atoms with E-state index < -0.39 is 0 Å². The van der Waals surface area contributed by atoms with Gasteiger partial charge in [-0.25, -0.2) is 0 Å². The molecule has 5 nitrogen and oxygen atoms in total. The van der Waals surface area contributed by atoms with Crippen molar-refractivity contribution in [1.29, 1.82) is 0 Å². The first-order chi connectivity index (χ1) is 11.6. The van der Waals surface area contributed by atoms with Crippen molar-refractivity contribution in [2.45, 2.75) is 32.6 Å². The molecule has 1 atom stereocenters. The van der Waals surface area contributed by atoms with Gasteiger partial charge in [0.05, 0.1) is 6.54 Å². The van der Waals surface area contributed by atoms with E-state index in [1.807, 2.05) is 34.1 Å². The van der Waals surface area contributed by atoms with E-state index in [4.69, 9.17) is 0 Å². The van der Waals surface area contributed by atoms with E-state index >= 15 is 0 Å². The molecule has 1 N–H and O–H groups in total. The summed E-state index contributed by atoms with van der Waals surface area (Å²) in [5, 5.41) is 3.18. The van der Waals surface area contributed by atoms with Crippen molar-refractivity contribution in [3.8, 4) is 0 Å². The van der Waals surface area contributed by atoms with Gasteiger partial charge in [-0.1, -0.05) is 6.92 Å². The first-order valence-corrected chi connectivity index (χ1v) is 9.04. The van der Waals surface area contributed by atoms with E-state index in [1.165, 1.54) is 6.42 Å². The van der Waals surface area contributed by atoms with Crippen molar-refractivity contribution in [3.05, 3.63) is 29.8 Å². The van der Waals surface area contributed by atoms with Crippen molar-refractivity contribution >= 4 is 17.5 Å². The van der Waals surface area contributed by atoms with Crippen molar-refractivity contribution in [2.75, 3.05) is 38.0 Å². The Bertz CT molecular complexity index is 579. The van der Waals surface area contributed by atoms with Crippen LogP contribution in [0.25, 0.3) is 0 Å². The Morgan fingerprint density at radius 1 is 1.04 bits per heavy atom. The molecular formula is C19H27N3O2. The molecular weight excluding hydrogens is 302 g/mol. The third kappa shape index (κ3) is 4.08. The Morgan fingerprint density at radius 2 is 1.71 bits per heavy atom. The van der Waals surface area contributed by atoms with Gasteiger partial charge in [-0.3, -0.25) is 9.59 Å². The van der Waals surface area contributed by atoms with Crippen LogP contribution in [0.3, 0.4) is 0 Å². The Balaban J connectivity index is 1.50. The second kappa shape index (κ2) is 7.69. The second-order valence-corrected chi connectivity index (χ2v) is 7.02. The fraction of sp³-hybridized carbons (Fsp3) is 0.579. The highest BCUT2D eigenvalue weighted by atomic mass is 16.2. The molecule has 2 aliphatic heterocycles. The third-order valence-corrected chi connectivity index (χ3v) is 4.98. The van der Waals surface area contributed by atoms with Crippen molar-refractivity contribution in [1.82, 2.24) is 9.80 Å². The molecule has 130 valence electrons. The Labute approximate surface area is 144 Å². The SMILES string of the molecule is CC1CCCN(C(=O)CNc2ccc(C(=O)N3CCCC3)cc2)C1. The highest BCUT2D eigenvalue weighted by Gasteiger charge is 2.21. The van der Waals surface area contributed by atoms with Crippen LogP contribution in [0.15, 0.2) is 24.3 Å². The van der Waals surface area contributed by atoms with E-state index in [-0.39, 0.29) is 11.8 Å². The van der Waals surface area contributed by atoms with Crippen LogP contribution < -0.4 is 5.32 Å². The number of anilines is 1. The predicted molar refractivity (Wildman–Crippen MR) is 95.0 cm³/mol. The van der Waals surface area contributed by atoms with Gasteiger partial charge in [0.15, 0.2) is 0 Å². The number of carbonyl (C=O) groups excluding carboxylic acids is 2. The topological polar surface area (TPSA) is 52.7 Å². The minimum Gasteiger partial charge on any atom is -0.376 e. The quantitative estimate of drug-likeness (QED) is 0.924. The zero-order valence-corrected chi connectivity index (χ0v) is 14.5. The number of rotatable bonds is 4. The molecule has 2 amide bonds. The molecule has 3 rings (SSSR count). The largest absolute Gasteiger partial charge is 0.376 e. The third-order valence-electron chi connectivity index (χ3n) is 4.98. The van der Waals surface area contributed by atoms with Gasteiger partial charge in [0.1, 0.15) is 0 Å². The lowest BCUT2D eigenvalue weighted by molar-refractivity contribution is -0.130. The summed E-state index contributed by atoms with van der Waals surface area (Å²) >= 11 is 0.